The van der Waals surface area contributed by atoms with Crippen molar-refractivity contribution < 1.29 is 10.1 Å². The molecule has 1 rings (SSSR count). The topological polar surface area (TPSA) is 45.7 Å². The van der Waals surface area contributed by atoms with E-state index in [-0.39, 0.29) is 11.8 Å². The summed E-state index contributed by atoms with van der Waals surface area (Å²) in [7, 11) is 0. The van der Waals surface area contributed by atoms with Gasteiger partial charge in [-0.15, -0.1) is 0 Å². The van der Waals surface area contributed by atoms with Gasteiger partial charge in [0.25, 0.3) is 3.79 Å². The van der Waals surface area contributed by atoms with E-state index in [1.165, 1.54) is 0 Å². The first-order valence-corrected chi connectivity index (χ1v) is 7.18. The highest BCUT2D eigenvalue weighted by molar-refractivity contribution is 6.68. The van der Waals surface area contributed by atoms with Gasteiger partial charge in [-0.3, -0.25) is 4.79 Å². The molecule has 106 valence electrons. The summed E-state index contributed by atoms with van der Waals surface area (Å²) >= 11 is 17.7. The fraction of sp³-hybridized carbons (Fsp3) is 0.462. The molecule has 3 N–H and O–H groups in total. The number of alkyl halides is 3. The van der Waals surface area contributed by atoms with E-state index in [4.69, 9.17) is 34.8 Å². The minimum Gasteiger partial charge on any atom is -0.319 e. The number of amides is 1. The number of benzene rings is 1. The van der Waals surface area contributed by atoms with Crippen molar-refractivity contribution in [1.82, 2.24) is 5.32 Å². The van der Waals surface area contributed by atoms with E-state index >= 15 is 0 Å². The van der Waals surface area contributed by atoms with Crippen LogP contribution in [0.25, 0.3) is 0 Å². The number of hydrogen-bond acceptors (Lipinski definition) is 1. The van der Waals surface area contributed by atoms with Crippen molar-refractivity contribution in [2.24, 2.45) is 5.92 Å². The maximum atomic E-state index is 11.7. The molecule has 0 spiro atoms. The Balaban J connectivity index is 2.63. The molecule has 0 saturated heterocycles. The van der Waals surface area contributed by atoms with Crippen LogP contribution < -0.4 is 10.6 Å². The largest absolute Gasteiger partial charge is 0.319 e. The van der Waals surface area contributed by atoms with Crippen LogP contribution in [0.4, 0.5) is 0 Å². The first kappa shape index (κ1) is 16.6. The van der Waals surface area contributed by atoms with Crippen LogP contribution in [0, 0.1) is 5.92 Å². The van der Waals surface area contributed by atoms with Gasteiger partial charge in [0.2, 0.25) is 12.1 Å². The van der Waals surface area contributed by atoms with Crippen molar-refractivity contribution in [2.45, 2.75) is 30.4 Å². The molecule has 0 saturated carbocycles. The van der Waals surface area contributed by atoms with Crippen LogP contribution in [0.15, 0.2) is 30.3 Å². The average Bonchev–Trinajstić information content (AvgIpc) is 2.33. The lowest BCUT2D eigenvalue weighted by Gasteiger charge is -2.24. The molecule has 0 aliphatic rings. The second kappa shape index (κ2) is 7.34. The van der Waals surface area contributed by atoms with Crippen molar-refractivity contribution in [3.63, 3.8) is 0 Å². The SMILES string of the molecule is CC(C)C(=O)N[C@H]([NH2+]Cc1ccccc1)C(Cl)(Cl)Cl. The molecule has 1 amide bonds. The van der Waals surface area contributed by atoms with E-state index in [2.05, 4.69) is 5.32 Å². The van der Waals surface area contributed by atoms with Gasteiger partial charge in [-0.05, 0) is 0 Å². The second-order valence-electron chi connectivity index (χ2n) is 4.61. The zero-order valence-corrected chi connectivity index (χ0v) is 13.1. The van der Waals surface area contributed by atoms with E-state index in [0.717, 1.165) is 5.56 Å². The Hall–Kier alpha value is -0.480. The lowest BCUT2D eigenvalue weighted by atomic mass is 10.2. The highest BCUT2D eigenvalue weighted by atomic mass is 35.6. The zero-order valence-electron chi connectivity index (χ0n) is 10.9. The van der Waals surface area contributed by atoms with Gasteiger partial charge in [0.05, 0.1) is 0 Å². The fourth-order valence-corrected chi connectivity index (χ4v) is 1.89. The Morgan fingerprint density at radius 1 is 1.26 bits per heavy atom. The van der Waals surface area contributed by atoms with E-state index < -0.39 is 9.96 Å². The molecular weight excluding hydrogens is 307 g/mol. The molecule has 0 unspecified atom stereocenters. The minimum absolute atomic E-state index is 0.138. The summed E-state index contributed by atoms with van der Waals surface area (Å²) in [5, 5.41) is 4.54. The van der Waals surface area contributed by atoms with E-state index in [1.807, 2.05) is 35.6 Å². The third-order valence-corrected chi connectivity index (χ3v) is 3.31. The van der Waals surface area contributed by atoms with Gasteiger partial charge in [0, 0.05) is 11.5 Å². The van der Waals surface area contributed by atoms with Crippen molar-refractivity contribution >= 4 is 40.7 Å². The monoisotopic (exact) mass is 323 g/mol. The lowest BCUT2D eigenvalue weighted by molar-refractivity contribution is -0.707. The quantitative estimate of drug-likeness (QED) is 0.633. The molecule has 1 atom stereocenters. The molecule has 0 aromatic heterocycles. The van der Waals surface area contributed by atoms with Crippen molar-refractivity contribution in [1.29, 1.82) is 0 Å². The second-order valence-corrected chi connectivity index (χ2v) is 6.98. The van der Waals surface area contributed by atoms with Gasteiger partial charge in [0.1, 0.15) is 6.54 Å². The third kappa shape index (κ3) is 6.00. The molecule has 6 heteroatoms. The predicted molar refractivity (Wildman–Crippen MR) is 79.1 cm³/mol. The van der Waals surface area contributed by atoms with Crippen LogP contribution in [0.1, 0.15) is 19.4 Å². The number of rotatable bonds is 5. The normalized spacial score (nSPS) is 13.4. The molecule has 0 radical (unpaired) electrons. The first-order chi connectivity index (χ1) is 8.80. The summed E-state index contributed by atoms with van der Waals surface area (Å²) in [6.07, 6.45) is -0.618. The smallest absolute Gasteiger partial charge is 0.262 e. The van der Waals surface area contributed by atoms with Gasteiger partial charge in [0.15, 0.2) is 0 Å². The predicted octanol–water partition coefficient (Wildman–Crippen LogP) is 2.22. The van der Waals surface area contributed by atoms with Gasteiger partial charge in [-0.25, -0.2) is 0 Å². The summed E-state index contributed by atoms with van der Waals surface area (Å²) in [4.78, 5) is 11.7. The average molecular weight is 325 g/mol. The van der Waals surface area contributed by atoms with Crippen LogP contribution in [-0.2, 0) is 11.3 Å². The molecule has 1 aromatic rings. The van der Waals surface area contributed by atoms with Gasteiger partial charge >= 0.3 is 0 Å². The molecule has 0 aliphatic heterocycles. The van der Waals surface area contributed by atoms with Gasteiger partial charge in [-0.1, -0.05) is 79.0 Å². The van der Waals surface area contributed by atoms with Crippen LogP contribution in [0.5, 0.6) is 0 Å². The fourth-order valence-electron chi connectivity index (χ4n) is 1.46. The Morgan fingerprint density at radius 2 is 1.84 bits per heavy atom. The summed E-state index contributed by atoms with van der Waals surface area (Å²) in [5.74, 6) is -0.291. The Kier molecular flexibility index (Phi) is 6.40. The summed E-state index contributed by atoms with van der Waals surface area (Å²) in [6.45, 7) is 4.21. The van der Waals surface area contributed by atoms with Gasteiger partial charge < -0.3 is 10.6 Å². The standard InChI is InChI=1S/C13H17Cl3N2O/c1-9(2)11(19)18-12(13(14,15)16)17-8-10-6-4-3-5-7-10/h3-7,9,12,17H,8H2,1-2H3,(H,18,19)/p+1/t12-/m0/s1. The lowest BCUT2D eigenvalue weighted by Crippen LogP contribution is -2.95. The highest BCUT2D eigenvalue weighted by Gasteiger charge is 2.37. The maximum absolute atomic E-state index is 11.7. The Labute approximate surface area is 128 Å². The molecule has 0 aliphatic carbocycles. The minimum atomic E-state index is -1.56. The molecular formula is C13H18Cl3N2O+. The summed E-state index contributed by atoms with van der Waals surface area (Å²) in [5.41, 5.74) is 1.10. The van der Waals surface area contributed by atoms with Crippen LogP contribution in [-0.4, -0.2) is 15.9 Å². The molecule has 0 bridgehead atoms. The number of nitrogens with one attached hydrogen (secondary N) is 1. The Bertz CT molecular complexity index is 404. The number of hydrogen-bond donors (Lipinski definition) is 2. The number of halogens is 3. The van der Waals surface area contributed by atoms with E-state index in [0.29, 0.717) is 6.54 Å². The van der Waals surface area contributed by atoms with Crippen LogP contribution in [0.2, 0.25) is 0 Å². The molecule has 3 nitrogen and oxygen atoms in total. The van der Waals surface area contributed by atoms with Crippen molar-refractivity contribution in [3.05, 3.63) is 35.9 Å². The third-order valence-electron chi connectivity index (χ3n) is 2.61. The van der Waals surface area contributed by atoms with Crippen LogP contribution in [0.3, 0.4) is 0 Å². The van der Waals surface area contributed by atoms with Crippen LogP contribution >= 0.6 is 34.8 Å². The molecule has 1 aromatic carbocycles. The highest BCUT2D eigenvalue weighted by Crippen LogP contribution is 2.27. The number of quaternary nitrogens is 1. The first-order valence-electron chi connectivity index (χ1n) is 6.05. The van der Waals surface area contributed by atoms with Crippen molar-refractivity contribution in [2.75, 3.05) is 0 Å². The summed E-state index contributed by atoms with van der Waals surface area (Å²) in [6, 6.07) is 9.79. The molecule has 0 heterocycles. The number of nitrogens with two attached hydrogens (primary N) is 1. The van der Waals surface area contributed by atoms with Crippen molar-refractivity contribution in [3.8, 4) is 0 Å². The van der Waals surface area contributed by atoms with E-state index in [1.54, 1.807) is 13.8 Å². The number of carbonyl (C=O) groups excluding carboxylic acids is 1. The Morgan fingerprint density at radius 3 is 2.32 bits per heavy atom. The molecule has 19 heavy (non-hydrogen) atoms. The van der Waals surface area contributed by atoms with E-state index in [9.17, 15) is 4.79 Å². The summed E-state index contributed by atoms with van der Waals surface area (Å²) < 4.78 is -1.56. The zero-order chi connectivity index (χ0) is 14.5. The maximum Gasteiger partial charge on any atom is 0.262 e. The van der Waals surface area contributed by atoms with Gasteiger partial charge in [-0.2, -0.15) is 0 Å². The number of carbonyl (C=O) groups is 1. The molecule has 0 fully saturated rings.